The summed E-state index contributed by atoms with van der Waals surface area (Å²) in [5.41, 5.74) is 1.92. The number of aromatic nitrogens is 2. The second kappa shape index (κ2) is 9.63. The van der Waals surface area contributed by atoms with Crippen LogP contribution in [-0.2, 0) is 11.3 Å². The summed E-state index contributed by atoms with van der Waals surface area (Å²) < 4.78 is 22.6. The Balaban J connectivity index is 1.53. The highest BCUT2D eigenvalue weighted by molar-refractivity contribution is 5.91. The van der Waals surface area contributed by atoms with Crippen molar-refractivity contribution in [1.29, 1.82) is 0 Å². The third-order valence-electron chi connectivity index (χ3n) is 5.24. The van der Waals surface area contributed by atoms with Crippen molar-refractivity contribution >= 4 is 16.7 Å². The molecule has 1 fully saturated rings. The van der Waals surface area contributed by atoms with Crippen molar-refractivity contribution in [1.82, 2.24) is 9.97 Å². The molecule has 0 bridgehead atoms. The summed E-state index contributed by atoms with van der Waals surface area (Å²) in [6.45, 7) is 1.94. The lowest BCUT2D eigenvalue weighted by Crippen LogP contribution is -2.25. The van der Waals surface area contributed by atoms with Crippen LogP contribution in [0.1, 0.15) is 24.8 Å². The molecule has 0 spiro atoms. The Bertz CT molecular complexity index is 972. The molecule has 0 aliphatic carbocycles. The van der Waals surface area contributed by atoms with Crippen LogP contribution >= 0.6 is 0 Å². The van der Waals surface area contributed by atoms with Gasteiger partial charge in [-0.1, -0.05) is 12.1 Å². The van der Waals surface area contributed by atoms with Gasteiger partial charge in [-0.3, -0.25) is 0 Å². The van der Waals surface area contributed by atoms with E-state index in [-0.39, 0.29) is 6.10 Å². The van der Waals surface area contributed by atoms with E-state index in [0.717, 1.165) is 47.5 Å². The van der Waals surface area contributed by atoms with E-state index in [1.807, 2.05) is 36.4 Å². The van der Waals surface area contributed by atoms with Crippen molar-refractivity contribution in [3.05, 3.63) is 48.3 Å². The molecule has 30 heavy (non-hydrogen) atoms. The summed E-state index contributed by atoms with van der Waals surface area (Å²) in [4.78, 5) is 8.83. The number of benzene rings is 2. The molecule has 158 valence electrons. The highest BCUT2D eigenvalue weighted by atomic mass is 16.5. The molecular formula is C23H27N3O4. The normalized spacial score (nSPS) is 16.3. The quantitative estimate of drug-likeness (QED) is 0.597. The zero-order valence-electron chi connectivity index (χ0n) is 17.4. The van der Waals surface area contributed by atoms with Crippen LogP contribution in [0.4, 0.5) is 5.82 Å². The summed E-state index contributed by atoms with van der Waals surface area (Å²) in [6.07, 6.45) is 4.99. The molecule has 2 heterocycles. The number of ether oxygens (including phenoxy) is 4. The second-order valence-corrected chi connectivity index (χ2v) is 7.24. The molecule has 1 atom stereocenters. The van der Waals surface area contributed by atoms with Gasteiger partial charge >= 0.3 is 0 Å². The van der Waals surface area contributed by atoms with E-state index in [2.05, 4.69) is 15.3 Å². The highest BCUT2D eigenvalue weighted by Gasteiger charge is 2.17. The molecule has 1 aliphatic rings. The SMILES string of the molecule is COc1ccc(CNc2ncnc3cc(OC)c(OCC4CCCCO4)cc23)cc1. The fourth-order valence-electron chi connectivity index (χ4n) is 3.53. The van der Waals surface area contributed by atoms with E-state index in [4.69, 9.17) is 18.9 Å². The molecule has 3 aromatic rings. The summed E-state index contributed by atoms with van der Waals surface area (Å²) in [5, 5.41) is 4.28. The molecule has 2 aromatic carbocycles. The van der Waals surface area contributed by atoms with Crippen LogP contribution < -0.4 is 19.5 Å². The number of anilines is 1. The highest BCUT2D eigenvalue weighted by Crippen LogP contribution is 2.34. The number of hydrogen-bond donors (Lipinski definition) is 1. The monoisotopic (exact) mass is 409 g/mol. The molecule has 1 aromatic heterocycles. The lowest BCUT2D eigenvalue weighted by Gasteiger charge is -2.23. The summed E-state index contributed by atoms with van der Waals surface area (Å²) in [7, 11) is 3.30. The molecular weight excluding hydrogens is 382 g/mol. The average Bonchev–Trinajstić information content (AvgIpc) is 2.81. The van der Waals surface area contributed by atoms with E-state index in [9.17, 15) is 0 Å². The maximum Gasteiger partial charge on any atom is 0.162 e. The fraction of sp³-hybridized carbons (Fsp3) is 0.391. The predicted octanol–water partition coefficient (Wildman–Crippen LogP) is 4.21. The van der Waals surface area contributed by atoms with Gasteiger partial charge in [0.05, 0.1) is 25.8 Å². The first-order chi connectivity index (χ1) is 14.8. The molecule has 7 heteroatoms. The second-order valence-electron chi connectivity index (χ2n) is 7.24. The summed E-state index contributed by atoms with van der Waals surface area (Å²) in [5.74, 6) is 2.90. The minimum Gasteiger partial charge on any atom is -0.497 e. The first kappa shape index (κ1) is 20.2. The summed E-state index contributed by atoms with van der Waals surface area (Å²) in [6, 6.07) is 11.8. The van der Waals surface area contributed by atoms with E-state index >= 15 is 0 Å². The molecule has 0 radical (unpaired) electrons. The van der Waals surface area contributed by atoms with Gasteiger partial charge in [-0.05, 0) is 43.0 Å². The van der Waals surface area contributed by atoms with Crippen LogP contribution in [0.3, 0.4) is 0 Å². The van der Waals surface area contributed by atoms with Crippen LogP contribution in [0, 0.1) is 0 Å². The predicted molar refractivity (Wildman–Crippen MR) is 115 cm³/mol. The zero-order valence-corrected chi connectivity index (χ0v) is 17.4. The topological polar surface area (TPSA) is 74.7 Å². The van der Waals surface area contributed by atoms with Gasteiger partial charge in [0.2, 0.25) is 0 Å². The van der Waals surface area contributed by atoms with Gasteiger partial charge in [-0.25, -0.2) is 9.97 Å². The van der Waals surface area contributed by atoms with Crippen molar-refractivity contribution in [3.8, 4) is 17.2 Å². The summed E-state index contributed by atoms with van der Waals surface area (Å²) >= 11 is 0. The minimum atomic E-state index is 0.124. The third kappa shape index (κ3) is 4.74. The van der Waals surface area contributed by atoms with Gasteiger partial charge in [-0.15, -0.1) is 0 Å². The van der Waals surface area contributed by atoms with Crippen molar-refractivity contribution < 1.29 is 18.9 Å². The number of nitrogens with zero attached hydrogens (tertiary/aromatic N) is 2. The number of rotatable bonds is 8. The zero-order chi connectivity index (χ0) is 20.8. The number of hydrogen-bond acceptors (Lipinski definition) is 7. The third-order valence-corrected chi connectivity index (χ3v) is 5.24. The first-order valence-corrected chi connectivity index (χ1v) is 10.2. The average molecular weight is 409 g/mol. The van der Waals surface area contributed by atoms with Gasteiger partial charge < -0.3 is 24.3 Å². The molecule has 1 saturated heterocycles. The Hall–Kier alpha value is -3.06. The van der Waals surface area contributed by atoms with Gasteiger partial charge in [0.1, 0.15) is 24.5 Å². The van der Waals surface area contributed by atoms with Gasteiger partial charge in [0.25, 0.3) is 0 Å². The molecule has 7 nitrogen and oxygen atoms in total. The van der Waals surface area contributed by atoms with Gasteiger partial charge in [0.15, 0.2) is 11.5 Å². The van der Waals surface area contributed by atoms with Crippen molar-refractivity contribution in [3.63, 3.8) is 0 Å². The molecule has 0 amide bonds. The van der Waals surface area contributed by atoms with E-state index in [1.54, 1.807) is 20.5 Å². The fourth-order valence-corrected chi connectivity index (χ4v) is 3.53. The Morgan fingerprint density at radius 2 is 1.90 bits per heavy atom. The van der Waals surface area contributed by atoms with Crippen molar-refractivity contribution in [2.24, 2.45) is 0 Å². The van der Waals surface area contributed by atoms with Gasteiger partial charge in [-0.2, -0.15) is 0 Å². The molecule has 4 rings (SSSR count). The van der Waals surface area contributed by atoms with E-state index in [0.29, 0.717) is 24.7 Å². The number of fused-ring (bicyclic) bond motifs is 1. The molecule has 1 unspecified atom stereocenters. The van der Waals surface area contributed by atoms with Crippen LogP contribution in [0.2, 0.25) is 0 Å². The smallest absolute Gasteiger partial charge is 0.162 e. The molecule has 1 aliphatic heterocycles. The lowest BCUT2D eigenvalue weighted by atomic mass is 10.1. The minimum absolute atomic E-state index is 0.124. The molecule has 0 saturated carbocycles. The lowest BCUT2D eigenvalue weighted by molar-refractivity contribution is -0.0114. The van der Waals surface area contributed by atoms with Crippen LogP contribution in [-0.4, -0.2) is 43.5 Å². The maximum atomic E-state index is 6.07. The number of methoxy groups -OCH3 is 2. The first-order valence-electron chi connectivity index (χ1n) is 10.2. The van der Waals surface area contributed by atoms with Crippen LogP contribution in [0.25, 0.3) is 10.9 Å². The number of nitrogens with one attached hydrogen (secondary N) is 1. The standard InChI is InChI=1S/C23H27N3O4/c1-27-17-8-6-16(7-9-17)13-24-23-19-11-22(30-14-18-5-3-4-10-29-18)21(28-2)12-20(19)25-15-26-23/h6-9,11-12,15,18H,3-5,10,13-14H2,1-2H3,(H,24,25,26). The van der Waals surface area contributed by atoms with Crippen LogP contribution in [0.5, 0.6) is 17.2 Å². The van der Waals surface area contributed by atoms with Crippen molar-refractivity contribution in [2.45, 2.75) is 31.9 Å². The molecule has 1 N–H and O–H groups in total. The largest absolute Gasteiger partial charge is 0.497 e. The van der Waals surface area contributed by atoms with Crippen LogP contribution in [0.15, 0.2) is 42.7 Å². The van der Waals surface area contributed by atoms with Crippen molar-refractivity contribution in [2.75, 3.05) is 32.8 Å². The Kier molecular flexibility index (Phi) is 6.49. The van der Waals surface area contributed by atoms with E-state index < -0.39 is 0 Å². The Labute approximate surface area is 176 Å². The van der Waals surface area contributed by atoms with E-state index in [1.165, 1.54) is 6.42 Å². The maximum absolute atomic E-state index is 6.07. The Morgan fingerprint density at radius 3 is 2.63 bits per heavy atom. The van der Waals surface area contributed by atoms with Gasteiger partial charge in [0, 0.05) is 24.6 Å². The Morgan fingerprint density at radius 1 is 1.03 bits per heavy atom.